The Balaban J connectivity index is 0.000000174. The second-order valence-corrected chi connectivity index (χ2v) is 17.8. The highest BCUT2D eigenvalue weighted by Crippen LogP contribution is 2.38. The Morgan fingerprint density at radius 1 is 0.754 bits per heavy atom. The third kappa shape index (κ3) is 7.53. The summed E-state index contributed by atoms with van der Waals surface area (Å²) < 4.78 is 55.8. The molecule has 0 unspecified atom stereocenters. The monoisotopic (exact) mass is 806 g/mol. The number of rotatable bonds is 8. The molecule has 57 heavy (non-hydrogen) atoms. The van der Waals surface area contributed by atoms with E-state index in [1.807, 2.05) is 43.4 Å². The van der Waals surface area contributed by atoms with Crippen LogP contribution in [0.3, 0.4) is 0 Å². The maximum absolute atomic E-state index is 12.1. The lowest BCUT2D eigenvalue weighted by molar-refractivity contribution is 0.0992. The van der Waals surface area contributed by atoms with Crippen LogP contribution in [-0.2, 0) is 33.1 Å². The summed E-state index contributed by atoms with van der Waals surface area (Å²) >= 11 is 0. The average molecular weight is 807 g/mol. The summed E-state index contributed by atoms with van der Waals surface area (Å²) in [6.45, 7) is 4.15. The van der Waals surface area contributed by atoms with Gasteiger partial charge in [0.15, 0.2) is 19.7 Å². The van der Waals surface area contributed by atoms with Crippen molar-refractivity contribution in [1.29, 1.82) is 0 Å². The largest absolute Gasteiger partial charge is 0.493 e. The van der Waals surface area contributed by atoms with E-state index in [1.165, 1.54) is 24.5 Å². The molecular weight excluding hydrogens is 769 g/mol. The molecule has 6 N–H and O–H groups in total. The van der Waals surface area contributed by atoms with E-state index in [4.69, 9.17) is 16.2 Å². The number of aryl methyl sites for hydroxylation is 3. The van der Waals surface area contributed by atoms with E-state index < -0.39 is 31.5 Å². The Hall–Kier alpha value is -6.59. The standard InChI is InChI=1S/C20H19N5O3S.C20H19N3O4S/c1-11-6-14(29(3,27)28)8-15-18(11)22-10-16(20(21)26)19(15)24-13-5-4-12-9-23-25(2)17(12)7-13;1-11-8-12(28(2,25)26)9-14-18(11)22-10-15(20(21)24)19(14)23-16-4-3-5-17-13(16)6-7-27-17/h4-10H,1-3H3,(H2,21,26)(H,22,24);3-5,8-10H,6-7H2,1-2H3,(H2,21,24)(H,22,23). The van der Waals surface area contributed by atoms with Crippen LogP contribution < -0.4 is 26.8 Å². The Kier molecular flexibility index (Phi) is 9.83. The predicted molar refractivity (Wildman–Crippen MR) is 219 cm³/mol. The molecule has 1 aliphatic rings. The van der Waals surface area contributed by atoms with E-state index in [-0.39, 0.29) is 20.9 Å². The lowest BCUT2D eigenvalue weighted by Crippen LogP contribution is -2.15. The van der Waals surface area contributed by atoms with Gasteiger partial charge in [-0.25, -0.2) is 16.8 Å². The van der Waals surface area contributed by atoms with Gasteiger partial charge in [0.2, 0.25) is 0 Å². The molecule has 292 valence electrons. The number of nitrogens with zero attached hydrogens (tertiary/aromatic N) is 4. The molecule has 0 spiro atoms. The maximum Gasteiger partial charge on any atom is 0.252 e. The van der Waals surface area contributed by atoms with Crippen molar-refractivity contribution >= 4 is 86.9 Å². The molecule has 3 aromatic heterocycles. The van der Waals surface area contributed by atoms with Crippen molar-refractivity contribution in [3.63, 3.8) is 0 Å². The first-order chi connectivity index (χ1) is 26.9. The van der Waals surface area contributed by atoms with Gasteiger partial charge in [-0.15, -0.1) is 0 Å². The topological polar surface area (TPSA) is 231 Å². The average Bonchev–Trinajstić information content (AvgIpc) is 3.78. The van der Waals surface area contributed by atoms with E-state index in [0.717, 1.165) is 46.8 Å². The Morgan fingerprint density at radius 3 is 1.86 bits per heavy atom. The Morgan fingerprint density at radius 2 is 1.32 bits per heavy atom. The van der Waals surface area contributed by atoms with E-state index in [0.29, 0.717) is 56.6 Å². The van der Waals surface area contributed by atoms with Gasteiger partial charge in [-0.2, -0.15) is 5.10 Å². The van der Waals surface area contributed by atoms with Crippen molar-refractivity contribution < 1.29 is 31.2 Å². The van der Waals surface area contributed by atoms with Crippen LogP contribution in [0.1, 0.15) is 37.4 Å². The number of carbonyl (C=O) groups excluding carboxylic acids is 2. The van der Waals surface area contributed by atoms with Crippen molar-refractivity contribution in [2.75, 3.05) is 29.8 Å². The van der Waals surface area contributed by atoms with Gasteiger partial charge in [-0.05, 0) is 79.6 Å². The fraction of sp³-hybridized carbons (Fsp3) is 0.175. The smallest absolute Gasteiger partial charge is 0.252 e. The van der Waals surface area contributed by atoms with Crippen LogP contribution in [0.2, 0.25) is 0 Å². The number of amides is 2. The van der Waals surface area contributed by atoms with Crippen LogP contribution in [0, 0.1) is 13.8 Å². The second-order valence-electron chi connectivity index (χ2n) is 13.8. The first-order valence-electron chi connectivity index (χ1n) is 17.5. The molecule has 0 fully saturated rings. The SMILES string of the molecule is Cc1cc(S(C)(=O)=O)cc2c(Nc3ccc4cnn(C)c4c3)c(C(N)=O)cnc12.Cc1cc(S(C)(=O)=O)cc2c(Nc3cccc4c3CCO4)c(C(N)=O)cnc12. The fourth-order valence-corrected chi connectivity index (χ4v) is 8.25. The van der Waals surface area contributed by atoms with Crippen molar-refractivity contribution in [1.82, 2.24) is 19.7 Å². The van der Waals surface area contributed by atoms with Gasteiger partial charge in [0, 0.05) is 71.5 Å². The zero-order valence-corrected chi connectivity index (χ0v) is 33.2. The second kappa shape index (κ2) is 14.5. The third-order valence-electron chi connectivity index (χ3n) is 9.68. The zero-order chi connectivity index (χ0) is 41.0. The molecule has 15 nitrogen and oxygen atoms in total. The summed E-state index contributed by atoms with van der Waals surface area (Å²) in [5.74, 6) is -0.522. The molecule has 0 saturated carbocycles. The van der Waals surface area contributed by atoms with Crippen LogP contribution in [0.5, 0.6) is 5.75 Å². The van der Waals surface area contributed by atoms with Crippen molar-refractivity contribution in [2.45, 2.75) is 30.1 Å². The number of carbonyl (C=O) groups is 2. The van der Waals surface area contributed by atoms with Gasteiger partial charge >= 0.3 is 0 Å². The van der Waals surface area contributed by atoms with E-state index >= 15 is 0 Å². The van der Waals surface area contributed by atoms with Crippen LogP contribution in [0.4, 0.5) is 22.7 Å². The minimum Gasteiger partial charge on any atom is -0.493 e. The number of pyridine rings is 2. The number of hydrogen-bond acceptors (Lipinski definition) is 12. The van der Waals surface area contributed by atoms with Crippen molar-refractivity contribution in [3.8, 4) is 5.75 Å². The van der Waals surface area contributed by atoms with E-state index in [2.05, 4.69) is 25.7 Å². The van der Waals surface area contributed by atoms with Gasteiger partial charge in [-0.1, -0.05) is 6.07 Å². The number of benzene rings is 4. The molecular formula is C40H38N8O7S2. The molecule has 0 saturated heterocycles. The van der Waals surface area contributed by atoms with Crippen LogP contribution in [-0.4, -0.2) is 67.5 Å². The normalized spacial score (nSPS) is 12.5. The molecule has 0 bridgehead atoms. The van der Waals surface area contributed by atoms with Crippen LogP contribution in [0.15, 0.2) is 89.0 Å². The Bertz CT molecular complexity index is 3050. The highest BCUT2D eigenvalue weighted by molar-refractivity contribution is 7.91. The molecule has 0 atom stereocenters. The summed E-state index contributed by atoms with van der Waals surface area (Å²) in [6.07, 6.45) is 7.61. The lowest BCUT2D eigenvalue weighted by Gasteiger charge is -2.16. The van der Waals surface area contributed by atoms with Gasteiger partial charge in [0.1, 0.15) is 5.75 Å². The number of nitrogens with one attached hydrogen (secondary N) is 2. The van der Waals surface area contributed by atoms with Gasteiger partial charge in [0.25, 0.3) is 11.8 Å². The number of sulfone groups is 2. The van der Waals surface area contributed by atoms with Gasteiger partial charge in [-0.3, -0.25) is 24.2 Å². The van der Waals surface area contributed by atoms with Crippen LogP contribution >= 0.6 is 0 Å². The summed E-state index contributed by atoms with van der Waals surface area (Å²) in [4.78, 5) is 33.1. The highest BCUT2D eigenvalue weighted by Gasteiger charge is 2.22. The van der Waals surface area contributed by atoms with Crippen LogP contribution in [0.25, 0.3) is 32.7 Å². The van der Waals surface area contributed by atoms with Crippen molar-refractivity contribution in [3.05, 3.63) is 107 Å². The number of hydrogen-bond donors (Lipinski definition) is 4. The Labute approximate surface area is 327 Å². The predicted octanol–water partition coefficient (Wildman–Crippen LogP) is 5.40. The van der Waals surface area contributed by atoms with Crippen molar-refractivity contribution in [2.24, 2.45) is 18.5 Å². The highest BCUT2D eigenvalue weighted by atomic mass is 32.2. The summed E-state index contributed by atoms with van der Waals surface area (Å²) in [5, 5.41) is 12.8. The molecule has 2 amide bonds. The number of nitrogens with two attached hydrogens (primary N) is 2. The number of aromatic nitrogens is 4. The molecule has 7 aromatic rings. The first kappa shape index (κ1) is 38.7. The molecule has 1 aliphatic heterocycles. The summed E-state index contributed by atoms with van der Waals surface area (Å²) in [6, 6.07) is 17.5. The quantitative estimate of drug-likeness (QED) is 0.151. The molecule has 4 heterocycles. The lowest BCUT2D eigenvalue weighted by atomic mass is 10.0. The number of primary amides is 2. The minimum absolute atomic E-state index is 0.149. The number of anilines is 4. The van der Waals surface area contributed by atoms with Gasteiger partial charge in [0.05, 0.1) is 61.6 Å². The molecule has 0 radical (unpaired) electrons. The van der Waals surface area contributed by atoms with E-state index in [9.17, 15) is 26.4 Å². The minimum atomic E-state index is -3.45. The third-order valence-corrected chi connectivity index (χ3v) is 11.9. The fourth-order valence-electron chi connectivity index (χ4n) is 6.81. The number of ether oxygens (including phenoxy) is 1. The van der Waals surface area contributed by atoms with E-state index in [1.54, 1.807) is 36.9 Å². The first-order valence-corrected chi connectivity index (χ1v) is 21.3. The van der Waals surface area contributed by atoms with Gasteiger partial charge < -0.3 is 26.8 Å². The summed E-state index contributed by atoms with van der Waals surface area (Å²) in [7, 11) is -5.05. The number of fused-ring (bicyclic) bond motifs is 4. The molecule has 4 aromatic carbocycles. The maximum atomic E-state index is 12.1. The molecule has 17 heteroatoms. The zero-order valence-electron chi connectivity index (χ0n) is 31.5. The summed E-state index contributed by atoms with van der Waals surface area (Å²) in [5.41, 5.74) is 18.3. The molecule has 0 aliphatic carbocycles. The molecule has 8 rings (SSSR count).